The van der Waals surface area contributed by atoms with Gasteiger partial charge in [0.15, 0.2) is 0 Å². The molecule has 0 spiro atoms. The molecule has 2 aliphatic carbocycles. The van der Waals surface area contributed by atoms with Crippen LogP contribution in [0.1, 0.15) is 0 Å². The Morgan fingerprint density at radius 1 is 0.358 bits per heavy atom. The van der Waals surface area contributed by atoms with Crippen LogP contribution in [-0.4, -0.2) is 0 Å². The summed E-state index contributed by atoms with van der Waals surface area (Å²) in [5.41, 5.74) is 10.7. The van der Waals surface area contributed by atoms with Gasteiger partial charge in [-0.2, -0.15) is 0 Å². The fourth-order valence-electron chi connectivity index (χ4n) is 8.64. The third kappa shape index (κ3) is 4.60. The molecule has 0 atom stereocenters. The highest BCUT2D eigenvalue weighted by Gasteiger charge is 2.16. The lowest BCUT2D eigenvalue weighted by atomic mass is 9.98. The molecule has 0 heterocycles. The second kappa shape index (κ2) is 11.7. The van der Waals surface area contributed by atoms with Gasteiger partial charge in [0, 0.05) is 22.3 Å². The van der Waals surface area contributed by atoms with E-state index in [4.69, 9.17) is 0 Å². The highest BCUT2D eigenvalue weighted by Crippen LogP contribution is 2.38. The smallest absolute Gasteiger partial charge is 0.0462 e. The second-order valence-electron chi connectivity index (χ2n) is 13.9. The van der Waals surface area contributed by atoms with E-state index in [9.17, 15) is 0 Å². The fourth-order valence-corrected chi connectivity index (χ4v) is 8.64. The van der Waals surface area contributed by atoms with E-state index in [-0.39, 0.29) is 0 Å². The summed E-state index contributed by atoms with van der Waals surface area (Å²) in [6.45, 7) is 0. The first-order valence-electron chi connectivity index (χ1n) is 18.2. The maximum atomic E-state index is 3.49. The minimum Gasteiger partial charge on any atom is -0.311 e. The lowest BCUT2D eigenvalue weighted by Gasteiger charge is -2.26. The Morgan fingerprint density at radius 2 is 0.962 bits per heavy atom. The summed E-state index contributed by atoms with van der Waals surface area (Å²) in [5, 5.41) is 12.5. The lowest BCUT2D eigenvalue weighted by Crippen LogP contribution is -2.09. The molecule has 9 aromatic carbocycles. The normalized spacial score (nSPS) is 11.6. The molecule has 0 saturated carbocycles. The third-order valence-electron chi connectivity index (χ3n) is 11.0. The van der Waals surface area contributed by atoms with Crippen LogP contribution < -0.4 is 4.90 Å². The zero-order valence-electron chi connectivity index (χ0n) is 28.8. The summed E-state index contributed by atoms with van der Waals surface area (Å²) in [5.74, 6) is 0. The van der Waals surface area contributed by atoms with Gasteiger partial charge in [-0.25, -0.2) is 0 Å². The molecule has 6 bridgehead atoms. The summed E-state index contributed by atoms with van der Waals surface area (Å²) in [7, 11) is 0. The molecule has 0 aromatic heterocycles. The van der Waals surface area contributed by atoms with E-state index in [1.54, 1.807) is 0 Å². The Kier molecular flexibility index (Phi) is 6.53. The predicted molar refractivity (Wildman–Crippen MR) is 216 cm³/mol. The van der Waals surface area contributed by atoms with Crippen molar-refractivity contribution in [1.82, 2.24) is 0 Å². The quantitative estimate of drug-likeness (QED) is 0.176. The molecule has 0 saturated heterocycles. The van der Waals surface area contributed by atoms with Crippen LogP contribution in [0.2, 0.25) is 0 Å². The Hall–Kier alpha value is -7.14. The van der Waals surface area contributed by atoms with Crippen LogP contribution in [0.3, 0.4) is 0 Å². The Morgan fingerprint density at radius 3 is 1.75 bits per heavy atom. The van der Waals surface area contributed by atoms with E-state index in [0.29, 0.717) is 0 Å². The molecule has 0 fully saturated rings. The SMILES string of the molecule is c1ccc2c(c#1)=c1cccc3c1=c1cc(-c4ccc(N(c5ccccc5)c5ccc(-c6cccc7ccccc67)cc5)cc4)ccc1=c1cccc-3c1=2. The average molecular weight is 670 g/mol. The van der Waals surface area contributed by atoms with E-state index in [2.05, 4.69) is 199 Å². The fraction of sp³-hybridized carbons (Fsp3) is 0. The standard InChI is InChI=1S/C52H31N/c1-2-13-38(14-3-1)53(40-30-25-36(26-31-40)42-18-8-12-35-11-4-5-15-41(35)42)39-28-23-34(24-29-39)37-27-32-44-47-20-10-21-48-49-22-9-19-46(52(49)50(44)33-37)43-16-6-7-17-45(43)51(47)48/h1-5,7-15,17-33H. The average Bonchev–Trinajstić information content (AvgIpc) is 3.34. The van der Waals surface area contributed by atoms with Crippen LogP contribution in [-0.2, 0) is 0 Å². The van der Waals surface area contributed by atoms with Gasteiger partial charge < -0.3 is 4.90 Å². The van der Waals surface area contributed by atoms with Crippen molar-refractivity contribution in [3.63, 3.8) is 0 Å². The number of anilines is 3. The van der Waals surface area contributed by atoms with Gasteiger partial charge >= 0.3 is 0 Å². The molecule has 0 N–H and O–H groups in total. The van der Waals surface area contributed by atoms with E-state index in [1.165, 1.54) is 80.7 Å². The first-order valence-corrected chi connectivity index (χ1v) is 18.2. The van der Waals surface area contributed by atoms with Crippen molar-refractivity contribution in [2.45, 2.75) is 0 Å². The van der Waals surface area contributed by atoms with Gasteiger partial charge in [0.05, 0.1) is 0 Å². The number of hydrogen-bond acceptors (Lipinski definition) is 1. The number of hydrogen-bond donors (Lipinski definition) is 0. The molecule has 1 nitrogen and oxygen atoms in total. The Bertz CT molecular complexity index is 3310. The van der Waals surface area contributed by atoms with Crippen LogP contribution in [0.25, 0.3) is 44.2 Å². The molecule has 53 heavy (non-hydrogen) atoms. The maximum Gasteiger partial charge on any atom is 0.0462 e. The van der Waals surface area contributed by atoms with Crippen molar-refractivity contribution in [2.24, 2.45) is 0 Å². The summed E-state index contributed by atoms with van der Waals surface area (Å²) < 4.78 is 0. The predicted octanol–water partition coefficient (Wildman–Crippen LogP) is 12.7. The summed E-state index contributed by atoms with van der Waals surface area (Å²) in [6.07, 6.45) is 0. The molecule has 1 heteroatoms. The second-order valence-corrected chi connectivity index (χ2v) is 13.9. The highest BCUT2D eigenvalue weighted by atomic mass is 15.1. The number of para-hydroxylation sites is 1. The van der Waals surface area contributed by atoms with Gasteiger partial charge in [-0.05, 0) is 135 Å². The molecule has 9 aromatic rings. The van der Waals surface area contributed by atoms with Crippen molar-refractivity contribution >= 4 is 27.8 Å². The van der Waals surface area contributed by atoms with Gasteiger partial charge in [-0.3, -0.25) is 0 Å². The topological polar surface area (TPSA) is 3.24 Å². The Balaban J connectivity index is 1.05. The molecular weight excluding hydrogens is 639 g/mol. The molecule has 0 radical (unpaired) electrons. The zero-order valence-corrected chi connectivity index (χ0v) is 28.8. The first-order chi connectivity index (χ1) is 26.3. The zero-order chi connectivity index (χ0) is 34.9. The van der Waals surface area contributed by atoms with Crippen molar-refractivity contribution in [2.75, 3.05) is 4.90 Å². The van der Waals surface area contributed by atoms with Crippen molar-refractivity contribution in [1.29, 1.82) is 0 Å². The third-order valence-corrected chi connectivity index (χ3v) is 11.0. The van der Waals surface area contributed by atoms with Gasteiger partial charge in [0.2, 0.25) is 0 Å². The Labute approximate surface area is 307 Å². The molecule has 0 aliphatic heterocycles. The molecule has 0 amide bonds. The monoisotopic (exact) mass is 669 g/mol. The molecular formula is C52H31N. The van der Waals surface area contributed by atoms with Crippen molar-refractivity contribution in [3.8, 4) is 33.4 Å². The molecule has 244 valence electrons. The van der Waals surface area contributed by atoms with Crippen LogP contribution in [0, 0.1) is 53.9 Å². The summed E-state index contributed by atoms with van der Waals surface area (Å²) in [6, 6.07) is 75.1. The van der Waals surface area contributed by atoms with Crippen molar-refractivity contribution in [3.05, 3.63) is 242 Å². The van der Waals surface area contributed by atoms with Crippen LogP contribution in [0.5, 0.6) is 0 Å². The summed E-state index contributed by atoms with van der Waals surface area (Å²) >= 11 is 0. The largest absolute Gasteiger partial charge is 0.311 e. The van der Waals surface area contributed by atoms with Gasteiger partial charge in [0.1, 0.15) is 0 Å². The van der Waals surface area contributed by atoms with E-state index in [0.717, 1.165) is 22.3 Å². The number of nitrogens with zero attached hydrogens (tertiary/aromatic N) is 1. The molecule has 11 rings (SSSR count). The molecule has 2 aliphatic rings. The van der Waals surface area contributed by atoms with E-state index in [1.807, 2.05) is 6.07 Å². The summed E-state index contributed by atoms with van der Waals surface area (Å²) in [4.78, 5) is 2.33. The van der Waals surface area contributed by atoms with Crippen LogP contribution in [0.4, 0.5) is 17.1 Å². The minimum atomic E-state index is 1.11. The molecule has 0 unspecified atom stereocenters. The number of rotatable bonds is 5. The van der Waals surface area contributed by atoms with E-state index < -0.39 is 0 Å². The van der Waals surface area contributed by atoms with E-state index >= 15 is 0 Å². The number of benzene rings is 8. The highest BCUT2D eigenvalue weighted by molar-refractivity contribution is 5.97. The number of fused-ring (bicyclic) bond motifs is 3. The van der Waals surface area contributed by atoms with Gasteiger partial charge in [0.25, 0.3) is 0 Å². The van der Waals surface area contributed by atoms with Gasteiger partial charge in [-0.15, -0.1) is 0 Å². The van der Waals surface area contributed by atoms with Crippen LogP contribution in [0.15, 0.2) is 188 Å². The minimum absolute atomic E-state index is 1.11. The van der Waals surface area contributed by atoms with Crippen LogP contribution >= 0.6 is 0 Å². The van der Waals surface area contributed by atoms with Crippen molar-refractivity contribution < 1.29 is 0 Å². The first kappa shape index (κ1) is 29.6. The maximum absolute atomic E-state index is 3.49. The van der Waals surface area contributed by atoms with Gasteiger partial charge in [-0.1, -0.05) is 146 Å². The lowest BCUT2D eigenvalue weighted by molar-refractivity contribution is 1.28.